The first kappa shape index (κ1) is 20.7. The van der Waals surface area contributed by atoms with Gasteiger partial charge in [-0.2, -0.15) is 0 Å². The Bertz CT molecular complexity index is 1010. The number of ether oxygens (including phenoxy) is 2. The topological polar surface area (TPSA) is 64.8 Å². The summed E-state index contributed by atoms with van der Waals surface area (Å²) in [7, 11) is 3.38. The molecular weight excluding hydrogens is 392 g/mol. The Morgan fingerprint density at radius 2 is 2.00 bits per heavy atom. The zero-order valence-corrected chi connectivity index (χ0v) is 17.6. The van der Waals surface area contributed by atoms with Gasteiger partial charge in [0.15, 0.2) is 23.2 Å². The maximum atomic E-state index is 12.1. The lowest BCUT2D eigenvalue weighted by atomic mass is 10.2. The van der Waals surface area contributed by atoms with Gasteiger partial charge in [-0.3, -0.25) is 4.79 Å². The van der Waals surface area contributed by atoms with Gasteiger partial charge in [0.05, 0.1) is 6.61 Å². The number of nitrogens with zero attached hydrogens (tertiary/aromatic N) is 2. The molecule has 0 spiro atoms. The molecule has 152 valence electrons. The van der Waals surface area contributed by atoms with Crippen molar-refractivity contribution in [1.29, 1.82) is 0 Å². The minimum absolute atomic E-state index is 0.129. The molecule has 1 unspecified atom stereocenters. The number of amides is 1. The molecule has 0 bridgehead atoms. The van der Waals surface area contributed by atoms with Crippen molar-refractivity contribution < 1.29 is 18.7 Å². The lowest BCUT2D eigenvalue weighted by Crippen LogP contribution is -2.35. The average molecular weight is 415 g/mol. The number of para-hydroxylation sites is 2. The molecule has 0 fully saturated rings. The largest absolute Gasteiger partial charge is 0.490 e. The normalized spacial score (nSPS) is 12.7. The molecule has 3 aromatic rings. The number of carbonyl (C=O) groups excluding carboxylic acids is 1. The lowest BCUT2D eigenvalue weighted by Gasteiger charge is -2.20. The quantitative estimate of drug-likeness (QED) is 0.554. The standard InChI is InChI=1S/C22H23ClN2O4/c1-5-27-20-13-15(10-11-19(20)28-14(2)22(26)25(3)4)12-16(23)21-24-17-8-6-7-9-18(17)29-21/h6-14H,5H2,1-4H3. The molecule has 0 saturated heterocycles. The van der Waals surface area contributed by atoms with E-state index >= 15 is 0 Å². The van der Waals surface area contributed by atoms with E-state index in [9.17, 15) is 4.79 Å². The van der Waals surface area contributed by atoms with Gasteiger partial charge in [-0.05, 0) is 49.8 Å². The number of rotatable bonds is 7. The van der Waals surface area contributed by atoms with Gasteiger partial charge in [0, 0.05) is 14.1 Å². The van der Waals surface area contributed by atoms with Crippen LogP contribution in [0, 0.1) is 0 Å². The number of benzene rings is 2. The molecule has 6 nitrogen and oxygen atoms in total. The molecule has 0 N–H and O–H groups in total. The van der Waals surface area contributed by atoms with E-state index in [1.807, 2.05) is 37.3 Å². The van der Waals surface area contributed by atoms with E-state index in [0.29, 0.717) is 34.6 Å². The van der Waals surface area contributed by atoms with Crippen molar-refractivity contribution in [2.75, 3.05) is 20.7 Å². The Labute approximate surface area is 174 Å². The van der Waals surface area contributed by atoms with Crippen LogP contribution in [0.15, 0.2) is 46.9 Å². The molecule has 0 aliphatic heterocycles. The first-order valence-electron chi connectivity index (χ1n) is 9.27. The maximum Gasteiger partial charge on any atom is 0.262 e. The van der Waals surface area contributed by atoms with Gasteiger partial charge < -0.3 is 18.8 Å². The molecule has 2 aromatic carbocycles. The van der Waals surface area contributed by atoms with Crippen LogP contribution in [-0.2, 0) is 4.79 Å². The number of hydrogen-bond donors (Lipinski definition) is 0. The third kappa shape index (κ3) is 4.90. The van der Waals surface area contributed by atoms with Gasteiger partial charge in [0.2, 0.25) is 5.89 Å². The Morgan fingerprint density at radius 3 is 2.69 bits per heavy atom. The van der Waals surface area contributed by atoms with Crippen molar-refractivity contribution in [1.82, 2.24) is 9.88 Å². The minimum atomic E-state index is -0.631. The van der Waals surface area contributed by atoms with Gasteiger partial charge >= 0.3 is 0 Å². The number of halogens is 1. The second-order valence-corrected chi connectivity index (χ2v) is 7.02. The molecule has 1 aromatic heterocycles. The van der Waals surface area contributed by atoms with Crippen LogP contribution in [0.3, 0.4) is 0 Å². The van der Waals surface area contributed by atoms with Crippen LogP contribution in [0.25, 0.3) is 22.2 Å². The van der Waals surface area contributed by atoms with Crippen LogP contribution >= 0.6 is 11.6 Å². The molecule has 7 heteroatoms. The van der Waals surface area contributed by atoms with Crippen LogP contribution in [0.1, 0.15) is 25.3 Å². The molecule has 0 aliphatic carbocycles. The number of oxazole rings is 1. The van der Waals surface area contributed by atoms with Crippen LogP contribution in [0.4, 0.5) is 0 Å². The molecule has 3 rings (SSSR count). The van der Waals surface area contributed by atoms with E-state index in [2.05, 4.69) is 4.98 Å². The highest BCUT2D eigenvalue weighted by molar-refractivity contribution is 6.50. The van der Waals surface area contributed by atoms with Crippen molar-refractivity contribution >= 4 is 39.7 Å². The van der Waals surface area contributed by atoms with E-state index in [-0.39, 0.29) is 5.91 Å². The number of hydrogen-bond acceptors (Lipinski definition) is 5. The van der Waals surface area contributed by atoms with E-state index in [1.165, 1.54) is 4.90 Å². The van der Waals surface area contributed by atoms with Crippen molar-refractivity contribution in [3.63, 3.8) is 0 Å². The summed E-state index contributed by atoms with van der Waals surface area (Å²) >= 11 is 6.42. The summed E-state index contributed by atoms with van der Waals surface area (Å²) in [6.45, 7) is 4.04. The van der Waals surface area contributed by atoms with E-state index in [0.717, 1.165) is 11.1 Å². The second kappa shape index (κ2) is 9.01. The molecule has 0 saturated carbocycles. The highest BCUT2D eigenvalue weighted by atomic mass is 35.5. The van der Waals surface area contributed by atoms with Gasteiger partial charge in [-0.25, -0.2) is 4.98 Å². The summed E-state index contributed by atoms with van der Waals surface area (Å²) in [4.78, 5) is 18.0. The van der Waals surface area contributed by atoms with Crippen LogP contribution in [0.2, 0.25) is 0 Å². The van der Waals surface area contributed by atoms with Crippen molar-refractivity contribution in [3.05, 3.63) is 53.9 Å². The minimum Gasteiger partial charge on any atom is -0.490 e. The Morgan fingerprint density at radius 1 is 1.24 bits per heavy atom. The number of aromatic nitrogens is 1. The lowest BCUT2D eigenvalue weighted by molar-refractivity contribution is -0.135. The highest BCUT2D eigenvalue weighted by Crippen LogP contribution is 2.32. The maximum absolute atomic E-state index is 12.1. The van der Waals surface area contributed by atoms with Gasteiger partial charge in [0.25, 0.3) is 5.91 Å². The zero-order chi connectivity index (χ0) is 21.0. The Kier molecular flexibility index (Phi) is 6.44. The SMILES string of the molecule is CCOc1cc(C=C(Cl)c2nc3ccccc3o2)ccc1OC(C)C(=O)N(C)C. The predicted molar refractivity (Wildman–Crippen MR) is 114 cm³/mol. The molecule has 1 heterocycles. The number of fused-ring (bicyclic) bond motifs is 1. The third-order valence-electron chi connectivity index (χ3n) is 4.15. The Balaban J connectivity index is 1.86. The molecule has 1 amide bonds. The Hall–Kier alpha value is -2.99. The van der Waals surface area contributed by atoms with Crippen molar-refractivity contribution in [3.8, 4) is 11.5 Å². The third-order valence-corrected chi connectivity index (χ3v) is 4.42. The number of carbonyl (C=O) groups is 1. The van der Waals surface area contributed by atoms with Gasteiger partial charge in [-0.1, -0.05) is 29.8 Å². The predicted octanol–water partition coefficient (Wildman–Crippen LogP) is 4.82. The molecular formula is C22H23ClN2O4. The summed E-state index contributed by atoms with van der Waals surface area (Å²) < 4.78 is 17.2. The van der Waals surface area contributed by atoms with E-state index < -0.39 is 6.10 Å². The highest BCUT2D eigenvalue weighted by Gasteiger charge is 2.19. The summed E-state index contributed by atoms with van der Waals surface area (Å²) in [6.07, 6.45) is 1.11. The monoisotopic (exact) mass is 414 g/mol. The van der Waals surface area contributed by atoms with Gasteiger partial charge in [0.1, 0.15) is 10.5 Å². The summed E-state index contributed by atoms with van der Waals surface area (Å²) in [5.41, 5.74) is 2.21. The van der Waals surface area contributed by atoms with E-state index in [4.69, 9.17) is 25.5 Å². The first-order valence-corrected chi connectivity index (χ1v) is 9.64. The summed E-state index contributed by atoms with van der Waals surface area (Å²) in [5, 5.41) is 0.369. The van der Waals surface area contributed by atoms with Gasteiger partial charge in [-0.15, -0.1) is 0 Å². The fourth-order valence-corrected chi connectivity index (χ4v) is 2.97. The molecule has 0 aliphatic rings. The molecule has 29 heavy (non-hydrogen) atoms. The number of likely N-dealkylation sites (N-methyl/N-ethyl adjacent to an activating group) is 1. The summed E-state index contributed by atoms with van der Waals surface area (Å²) in [5.74, 6) is 1.23. The van der Waals surface area contributed by atoms with Crippen LogP contribution in [0.5, 0.6) is 11.5 Å². The molecule has 0 radical (unpaired) electrons. The first-order chi connectivity index (χ1) is 13.9. The van der Waals surface area contributed by atoms with Crippen molar-refractivity contribution in [2.24, 2.45) is 0 Å². The van der Waals surface area contributed by atoms with Crippen LogP contribution < -0.4 is 9.47 Å². The summed E-state index contributed by atoms with van der Waals surface area (Å²) in [6, 6.07) is 12.9. The average Bonchev–Trinajstić information content (AvgIpc) is 3.14. The fraction of sp³-hybridized carbons (Fsp3) is 0.273. The van der Waals surface area contributed by atoms with Crippen molar-refractivity contribution in [2.45, 2.75) is 20.0 Å². The van der Waals surface area contributed by atoms with E-state index in [1.54, 1.807) is 39.2 Å². The van der Waals surface area contributed by atoms with Crippen LogP contribution in [-0.4, -0.2) is 42.6 Å². The molecule has 1 atom stereocenters. The second-order valence-electron chi connectivity index (χ2n) is 6.61. The zero-order valence-electron chi connectivity index (χ0n) is 16.8. The fourth-order valence-electron chi connectivity index (χ4n) is 2.77. The smallest absolute Gasteiger partial charge is 0.262 e.